The van der Waals surface area contributed by atoms with E-state index in [9.17, 15) is 8.42 Å². The van der Waals surface area contributed by atoms with Crippen LogP contribution in [-0.4, -0.2) is 33.7 Å². The van der Waals surface area contributed by atoms with Crippen LogP contribution in [0.4, 0.5) is 0 Å². The van der Waals surface area contributed by atoms with Crippen LogP contribution in [0.1, 0.15) is 20.8 Å². The monoisotopic (exact) mass is 314 g/mol. The summed E-state index contributed by atoms with van der Waals surface area (Å²) < 4.78 is 38.6. The molecule has 0 radical (unpaired) electrons. The Morgan fingerprint density at radius 1 is 1.29 bits per heavy atom. The molecule has 1 aliphatic rings. The Balaban J connectivity index is 2.31. The molecule has 0 spiro atoms. The molecule has 1 heterocycles. The molecular formula is C14H22N2O4S. The molecule has 0 bridgehead atoms. The fourth-order valence-corrected chi connectivity index (χ4v) is 3.51. The van der Waals surface area contributed by atoms with E-state index in [-0.39, 0.29) is 17.4 Å². The van der Waals surface area contributed by atoms with Gasteiger partial charge < -0.3 is 15.2 Å². The normalized spacial score (nSPS) is 17.6. The fourth-order valence-electron chi connectivity index (χ4n) is 1.95. The summed E-state index contributed by atoms with van der Waals surface area (Å²) in [6.07, 6.45) is 0. The zero-order chi connectivity index (χ0) is 15.7. The van der Waals surface area contributed by atoms with E-state index in [1.165, 1.54) is 12.1 Å². The number of nitrogens with one attached hydrogen (secondary N) is 1. The number of nitrogens with two attached hydrogens (primary N) is 1. The Kier molecular flexibility index (Phi) is 4.46. The van der Waals surface area contributed by atoms with Gasteiger partial charge in [0, 0.05) is 18.2 Å². The largest absolute Gasteiger partial charge is 0.486 e. The maximum atomic E-state index is 12.5. The van der Waals surface area contributed by atoms with Gasteiger partial charge in [-0.25, -0.2) is 13.1 Å². The topological polar surface area (TPSA) is 90.7 Å². The Morgan fingerprint density at radius 2 is 1.90 bits per heavy atom. The van der Waals surface area contributed by atoms with Crippen LogP contribution < -0.4 is 19.9 Å². The van der Waals surface area contributed by atoms with Crippen LogP contribution in [0.5, 0.6) is 11.5 Å². The molecule has 1 aliphatic heterocycles. The van der Waals surface area contributed by atoms with Crippen LogP contribution in [0.25, 0.3) is 0 Å². The van der Waals surface area contributed by atoms with Crippen molar-refractivity contribution in [1.29, 1.82) is 0 Å². The first-order chi connectivity index (χ1) is 9.78. The molecule has 1 unspecified atom stereocenters. The Morgan fingerprint density at radius 3 is 2.48 bits per heavy atom. The van der Waals surface area contributed by atoms with E-state index in [1.54, 1.807) is 13.0 Å². The minimum Gasteiger partial charge on any atom is -0.486 e. The maximum absolute atomic E-state index is 12.5. The van der Waals surface area contributed by atoms with Crippen LogP contribution in [0.15, 0.2) is 23.1 Å². The molecule has 1 aromatic carbocycles. The van der Waals surface area contributed by atoms with Gasteiger partial charge in [0.1, 0.15) is 13.2 Å². The molecule has 0 fully saturated rings. The van der Waals surface area contributed by atoms with Crippen molar-refractivity contribution in [3.05, 3.63) is 18.2 Å². The summed E-state index contributed by atoms with van der Waals surface area (Å²) in [4.78, 5) is 0.145. The lowest BCUT2D eigenvalue weighted by molar-refractivity contribution is 0.171. The third-order valence-electron chi connectivity index (χ3n) is 3.89. The molecule has 1 atom stereocenters. The Hall–Kier alpha value is -1.31. The first-order valence-electron chi connectivity index (χ1n) is 6.92. The van der Waals surface area contributed by atoms with Crippen molar-refractivity contribution in [1.82, 2.24) is 4.72 Å². The SMILES string of the molecule is CC(C)C(C)(CN)NS(=O)(=O)c1ccc2c(c1)OCCO2. The second-order valence-corrected chi connectivity index (χ2v) is 7.37. The minimum absolute atomic E-state index is 0.0643. The summed E-state index contributed by atoms with van der Waals surface area (Å²) in [7, 11) is -3.67. The summed E-state index contributed by atoms with van der Waals surface area (Å²) >= 11 is 0. The third kappa shape index (κ3) is 3.30. The van der Waals surface area contributed by atoms with Gasteiger partial charge in [-0.3, -0.25) is 0 Å². The van der Waals surface area contributed by atoms with Gasteiger partial charge in [-0.1, -0.05) is 13.8 Å². The molecular weight excluding hydrogens is 292 g/mol. The van der Waals surface area contributed by atoms with Crippen LogP contribution in [0.2, 0.25) is 0 Å². The number of benzene rings is 1. The van der Waals surface area contributed by atoms with E-state index in [2.05, 4.69) is 4.72 Å². The second kappa shape index (κ2) is 5.82. The molecule has 1 aromatic rings. The van der Waals surface area contributed by atoms with Crippen LogP contribution in [-0.2, 0) is 10.0 Å². The highest BCUT2D eigenvalue weighted by atomic mass is 32.2. The van der Waals surface area contributed by atoms with Gasteiger partial charge >= 0.3 is 0 Å². The zero-order valence-corrected chi connectivity index (χ0v) is 13.4. The molecule has 0 saturated heterocycles. The van der Waals surface area contributed by atoms with Gasteiger partial charge in [0.2, 0.25) is 10.0 Å². The van der Waals surface area contributed by atoms with Crippen molar-refractivity contribution in [3.63, 3.8) is 0 Å². The molecule has 0 aliphatic carbocycles. The van der Waals surface area contributed by atoms with Crippen molar-refractivity contribution in [3.8, 4) is 11.5 Å². The van der Waals surface area contributed by atoms with Gasteiger partial charge in [-0.2, -0.15) is 0 Å². The number of sulfonamides is 1. The van der Waals surface area contributed by atoms with Gasteiger partial charge in [0.25, 0.3) is 0 Å². The standard InChI is InChI=1S/C14H22N2O4S/c1-10(2)14(3,9-15)16-21(17,18)11-4-5-12-13(8-11)20-7-6-19-12/h4-5,8,10,16H,6-7,9,15H2,1-3H3. The quantitative estimate of drug-likeness (QED) is 0.849. The molecule has 3 N–H and O–H groups in total. The third-order valence-corrected chi connectivity index (χ3v) is 5.50. The number of hydrogen-bond donors (Lipinski definition) is 2. The van der Waals surface area contributed by atoms with E-state index < -0.39 is 15.6 Å². The average molecular weight is 314 g/mol. The Bertz CT molecular complexity index is 615. The highest BCUT2D eigenvalue weighted by molar-refractivity contribution is 7.89. The molecule has 6 nitrogen and oxygen atoms in total. The maximum Gasteiger partial charge on any atom is 0.241 e. The molecule has 2 rings (SSSR count). The first-order valence-corrected chi connectivity index (χ1v) is 8.40. The highest BCUT2D eigenvalue weighted by Crippen LogP contribution is 2.32. The van der Waals surface area contributed by atoms with E-state index in [0.717, 1.165) is 0 Å². The zero-order valence-electron chi connectivity index (χ0n) is 12.5. The number of fused-ring (bicyclic) bond motifs is 1. The lowest BCUT2D eigenvalue weighted by Gasteiger charge is -2.33. The number of rotatable bonds is 5. The van der Waals surface area contributed by atoms with Crippen molar-refractivity contribution >= 4 is 10.0 Å². The van der Waals surface area contributed by atoms with Crippen molar-refractivity contribution in [2.24, 2.45) is 11.7 Å². The van der Waals surface area contributed by atoms with E-state index in [4.69, 9.17) is 15.2 Å². The Labute approximate surface area is 125 Å². The summed E-state index contributed by atoms with van der Waals surface area (Å²) in [5.41, 5.74) is 5.03. The van der Waals surface area contributed by atoms with E-state index in [0.29, 0.717) is 24.7 Å². The summed E-state index contributed by atoms with van der Waals surface area (Å²) in [5.74, 6) is 1.07. The van der Waals surface area contributed by atoms with E-state index >= 15 is 0 Å². The van der Waals surface area contributed by atoms with Crippen LogP contribution >= 0.6 is 0 Å². The molecule has 7 heteroatoms. The molecule has 0 aromatic heterocycles. The average Bonchev–Trinajstić information content (AvgIpc) is 2.46. The van der Waals surface area contributed by atoms with Crippen LogP contribution in [0, 0.1) is 5.92 Å². The van der Waals surface area contributed by atoms with Gasteiger partial charge in [-0.15, -0.1) is 0 Å². The molecule has 0 saturated carbocycles. The lowest BCUT2D eigenvalue weighted by Crippen LogP contribution is -2.54. The van der Waals surface area contributed by atoms with Crippen molar-refractivity contribution in [2.75, 3.05) is 19.8 Å². The van der Waals surface area contributed by atoms with Gasteiger partial charge in [0.05, 0.1) is 4.90 Å². The molecule has 118 valence electrons. The predicted octanol–water partition coefficient (Wildman–Crippen LogP) is 1.11. The number of ether oxygens (including phenoxy) is 2. The number of hydrogen-bond acceptors (Lipinski definition) is 5. The minimum atomic E-state index is -3.67. The highest BCUT2D eigenvalue weighted by Gasteiger charge is 2.33. The van der Waals surface area contributed by atoms with Gasteiger partial charge in [0.15, 0.2) is 11.5 Å². The summed E-state index contributed by atoms with van der Waals surface area (Å²) in [6.45, 7) is 6.76. The summed E-state index contributed by atoms with van der Waals surface area (Å²) in [5, 5.41) is 0. The van der Waals surface area contributed by atoms with Gasteiger partial charge in [-0.05, 0) is 25.0 Å². The van der Waals surface area contributed by atoms with Crippen LogP contribution in [0.3, 0.4) is 0 Å². The van der Waals surface area contributed by atoms with Crippen molar-refractivity contribution in [2.45, 2.75) is 31.2 Å². The summed E-state index contributed by atoms with van der Waals surface area (Å²) in [6, 6.07) is 4.60. The molecule has 0 amide bonds. The van der Waals surface area contributed by atoms with E-state index in [1.807, 2.05) is 13.8 Å². The van der Waals surface area contributed by atoms with Crippen molar-refractivity contribution < 1.29 is 17.9 Å². The second-order valence-electron chi connectivity index (χ2n) is 5.69. The lowest BCUT2D eigenvalue weighted by atomic mass is 9.90. The molecule has 21 heavy (non-hydrogen) atoms. The first kappa shape index (κ1) is 16.1. The predicted molar refractivity (Wildman–Crippen MR) is 80.1 cm³/mol. The fraction of sp³-hybridized carbons (Fsp3) is 0.571. The smallest absolute Gasteiger partial charge is 0.241 e.